The van der Waals surface area contributed by atoms with Crippen molar-refractivity contribution in [2.75, 3.05) is 10.6 Å². The molecule has 0 atom stereocenters. The highest BCUT2D eigenvalue weighted by atomic mass is 16.1. The van der Waals surface area contributed by atoms with Crippen molar-refractivity contribution in [2.24, 2.45) is 0 Å². The van der Waals surface area contributed by atoms with E-state index in [9.17, 15) is 4.79 Å². The Labute approximate surface area is 147 Å². The minimum Gasteiger partial charge on any atom is -0.324 e. The standard InChI is InChI=1S/C20H20N4O/c1-13-5-4-6-16(11-13)22-19(25)17-9-10-21-20(23-17)24-18-12-14(2)7-8-15(18)3/h4-12H,1-3H3,(H,22,25)(H,21,23,24). The van der Waals surface area contributed by atoms with Gasteiger partial charge in [-0.3, -0.25) is 4.79 Å². The van der Waals surface area contributed by atoms with Crippen LogP contribution in [0.5, 0.6) is 0 Å². The van der Waals surface area contributed by atoms with Crippen molar-refractivity contribution in [1.29, 1.82) is 0 Å². The third kappa shape index (κ3) is 4.20. The minimum atomic E-state index is -0.267. The molecule has 0 fully saturated rings. The van der Waals surface area contributed by atoms with E-state index in [2.05, 4.69) is 20.6 Å². The zero-order valence-electron chi connectivity index (χ0n) is 14.5. The number of anilines is 3. The van der Waals surface area contributed by atoms with Gasteiger partial charge in [-0.05, 0) is 61.7 Å². The molecule has 5 heteroatoms. The number of carbonyl (C=O) groups is 1. The molecule has 0 radical (unpaired) electrons. The van der Waals surface area contributed by atoms with Crippen LogP contribution in [0.4, 0.5) is 17.3 Å². The van der Waals surface area contributed by atoms with Crippen LogP contribution in [0.1, 0.15) is 27.2 Å². The average molecular weight is 332 g/mol. The van der Waals surface area contributed by atoms with E-state index < -0.39 is 0 Å². The number of aromatic nitrogens is 2. The molecule has 3 aromatic rings. The van der Waals surface area contributed by atoms with E-state index >= 15 is 0 Å². The van der Waals surface area contributed by atoms with Gasteiger partial charge >= 0.3 is 0 Å². The van der Waals surface area contributed by atoms with E-state index in [4.69, 9.17) is 0 Å². The van der Waals surface area contributed by atoms with Crippen molar-refractivity contribution in [1.82, 2.24) is 9.97 Å². The van der Waals surface area contributed by atoms with Gasteiger partial charge in [0.05, 0.1) is 0 Å². The van der Waals surface area contributed by atoms with Crippen LogP contribution >= 0.6 is 0 Å². The van der Waals surface area contributed by atoms with Crippen LogP contribution in [0.15, 0.2) is 54.7 Å². The molecule has 25 heavy (non-hydrogen) atoms. The largest absolute Gasteiger partial charge is 0.324 e. The Morgan fingerprint density at radius 1 is 0.960 bits per heavy atom. The maximum absolute atomic E-state index is 12.4. The Hall–Kier alpha value is -3.21. The summed E-state index contributed by atoms with van der Waals surface area (Å²) in [5, 5.41) is 6.03. The van der Waals surface area contributed by atoms with Gasteiger partial charge in [0.15, 0.2) is 0 Å². The third-order valence-corrected chi connectivity index (χ3v) is 3.80. The molecule has 0 aliphatic carbocycles. The van der Waals surface area contributed by atoms with Crippen LogP contribution in [-0.4, -0.2) is 15.9 Å². The van der Waals surface area contributed by atoms with Gasteiger partial charge in [-0.25, -0.2) is 9.97 Å². The molecule has 0 saturated heterocycles. The predicted octanol–water partition coefficient (Wildman–Crippen LogP) is 4.40. The second kappa shape index (κ2) is 7.13. The highest BCUT2D eigenvalue weighted by molar-refractivity contribution is 6.03. The predicted molar refractivity (Wildman–Crippen MR) is 100 cm³/mol. The Kier molecular flexibility index (Phi) is 4.75. The van der Waals surface area contributed by atoms with Crippen LogP contribution in [0, 0.1) is 20.8 Å². The summed E-state index contributed by atoms with van der Waals surface area (Å²) < 4.78 is 0. The SMILES string of the molecule is Cc1cccc(NC(=O)c2ccnc(Nc3cc(C)ccc3C)n2)c1. The van der Waals surface area contributed by atoms with Gasteiger partial charge in [0.25, 0.3) is 5.91 Å². The highest BCUT2D eigenvalue weighted by Gasteiger charge is 2.10. The van der Waals surface area contributed by atoms with Crippen molar-refractivity contribution < 1.29 is 4.79 Å². The fraction of sp³-hybridized carbons (Fsp3) is 0.150. The summed E-state index contributed by atoms with van der Waals surface area (Å²) in [5.41, 5.74) is 5.29. The molecule has 3 rings (SSSR count). The summed E-state index contributed by atoms with van der Waals surface area (Å²) in [6.45, 7) is 6.01. The second-order valence-electron chi connectivity index (χ2n) is 6.03. The Morgan fingerprint density at radius 3 is 2.56 bits per heavy atom. The molecule has 1 heterocycles. The molecule has 0 aliphatic heterocycles. The van der Waals surface area contributed by atoms with Crippen molar-refractivity contribution >= 4 is 23.2 Å². The number of hydrogen-bond donors (Lipinski definition) is 2. The molecule has 2 aromatic carbocycles. The molecule has 0 spiro atoms. The van der Waals surface area contributed by atoms with Gasteiger partial charge in [-0.1, -0.05) is 24.3 Å². The number of aryl methyl sites for hydroxylation is 3. The van der Waals surface area contributed by atoms with Gasteiger partial charge in [0.2, 0.25) is 5.95 Å². The summed E-state index contributed by atoms with van der Waals surface area (Å²) in [5.74, 6) is 0.127. The number of carbonyl (C=O) groups excluding carboxylic acids is 1. The van der Waals surface area contributed by atoms with Crippen molar-refractivity contribution in [3.8, 4) is 0 Å². The van der Waals surface area contributed by atoms with Crippen LogP contribution < -0.4 is 10.6 Å². The lowest BCUT2D eigenvalue weighted by Crippen LogP contribution is -2.15. The number of amides is 1. The lowest BCUT2D eigenvalue weighted by molar-refractivity contribution is 0.102. The summed E-state index contributed by atoms with van der Waals surface area (Å²) in [7, 11) is 0. The monoisotopic (exact) mass is 332 g/mol. The molecule has 1 aromatic heterocycles. The molecule has 2 N–H and O–H groups in total. The summed E-state index contributed by atoms with van der Waals surface area (Å²) >= 11 is 0. The maximum atomic E-state index is 12.4. The number of hydrogen-bond acceptors (Lipinski definition) is 4. The first kappa shape index (κ1) is 16.6. The van der Waals surface area contributed by atoms with Crippen molar-refractivity contribution in [3.63, 3.8) is 0 Å². The molecule has 5 nitrogen and oxygen atoms in total. The highest BCUT2D eigenvalue weighted by Crippen LogP contribution is 2.20. The van der Waals surface area contributed by atoms with Gasteiger partial charge in [0, 0.05) is 17.6 Å². The van der Waals surface area contributed by atoms with Crippen LogP contribution in [-0.2, 0) is 0 Å². The molecule has 126 valence electrons. The molecule has 0 unspecified atom stereocenters. The molecular formula is C20H20N4O. The Morgan fingerprint density at radius 2 is 1.76 bits per heavy atom. The number of benzene rings is 2. The fourth-order valence-electron chi connectivity index (χ4n) is 2.45. The van der Waals surface area contributed by atoms with Crippen molar-refractivity contribution in [3.05, 3.63) is 77.1 Å². The Bertz CT molecular complexity index is 921. The van der Waals surface area contributed by atoms with Crippen LogP contribution in [0.3, 0.4) is 0 Å². The lowest BCUT2D eigenvalue weighted by Gasteiger charge is -2.10. The van der Waals surface area contributed by atoms with E-state index in [0.717, 1.165) is 28.1 Å². The normalized spacial score (nSPS) is 10.4. The van der Waals surface area contributed by atoms with Gasteiger partial charge < -0.3 is 10.6 Å². The van der Waals surface area contributed by atoms with E-state index in [1.807, 2.05) is 63.2 Å². The zero-order valence-corrected chi connectivity index (χ0v) is 14.5. The first-order chi connectivity index (χ1) is 12.0. The average Bonchev–Trinajstić information content (AvgIpc) is 2.58. The van der Waals surface area contributed by atoms with E-state index in [1.165, 1.54) is 0 Å². The maximum Gasteiger partial charge on any atom is 0.274 e. The summed E-state index contributed by atoms with van der Waals surface area (Å²) in [6, 6.07) is 15.3. The number of nitrogens with zero attached hydrogens (tertiary/aromatic N) is 2. The summed E-state index contributed by atoms with van der Waals surface area (Å²) in [6.07, 6.45) is 1.58. The number of rotatable bonds is 4. The van der Waals surface area contributed by atoms with Crippen LogP contribution in [0.25, 0.3) is 0 Å². The second-order valence-corrected chi connectivity index (χ2v) is 6.03. The zero-order chi connectivity index (χ0) is 17.8. The fourth-order valence-corrected chi connectivity index (χ4v) is 2.45. The van der Waals surface area contributed by atoms with E-state index in [1.54, 1.807) is 12.3 Å². The first-order valence-electron chi connectivity index (χ1n) is 8.06. The van der Waals surface area contributed by atoms with E-state index in [-0.39, 0.29) is 5.91 Å². The summed E-state index contributed by atoms with van der Waals surface area (Å²) in [4.78, 5) is 21.0. The molecule has 0 saturated carbocycles. The van der Waals surface area contributed by atoms with E-state index in [0.29, 0.717) is 11.6 Å². The smallest absolute Gasteiger partial charge is 0.274 e. The molecule has 1 amide bonds. The van der Waals surface area contributed by atoms with Crippen molar-refractivity contribution in [2.45, 2.75) is 20.8 Å². The first-order valence-corrected chi connectivity index (χ1v) is 8.06. The molecular weight excluding hydrogens is 312 g/mol. The van der Waals surface area contributed by atoms with Crippen LogP contribution in [0.2, 0.25) is 0 Å². The Balaban J connectivity index is 1.79. The van der Waals surface area contributed by atoms with Gasteiger partial charge in [0.1, 0.15) is 5.69 Å². The molecule has 0 bridgehead atoms. The lowest BCUT2D eigenvalue weighted by atomic mass is 10.1. The third-order valence-electron chi connectivity index (χ3n) is 3.80. The number of nitrogens with one attached hydrogen (secondary N) is 2. The topological polar surface area (TPSA) is 66.9 Å². The quantitative estimate of drug-likeness (QED) is 0.743. The minimum absolute atomic E-state index is 0.267. The van der Waals surface area contributed by atoms with Gasteiger partial charge in [-0.15, -0.1) is 0 Å². The van der Waals surface area contributed by atoms with Gasteiger partial charge in [-0.2, -0.15) is 0 Å². The molecule has 0 aliphatic rings.